The SMILES string of the molecule is CCc1nc(CN(C)C)nc(Cl)c1C. The average Bonchev–Trinajstić information content (AvgIpc) is 2.10. The van der Waals surface area contributed by atoms with Crippen LogP contribution in [0.15, 0.2) is 0 Å². The molecule has 0 unspecified atom stereocenters. The standard InChI is InChI=1S/C10H16ClN3/c1-5-8-7(2)10(11)13-9(12-8)6-14(3)4/h5-6H2,1-4H3. The number of halogens is 1. The van der Waals surface area contributed by atoms with E-state index in [-0.39, 0.29) is 0 Å². The van der Waals surface area contributed by atoms with Gasteiger partial charge >= 0.3 is 0 Å². The van der Waals surface area contributed by atoms with Crippen molar-refractivity contribution < 1.29 is 0 Å². The largest absolute Gasteiger partial charge is 0.302 e. The van der Waals surface area contributed by atoms with Crippen LogP contribution < -0.4 is 0 Å². The van der Waals surface area contributed by atoms with Gasteiger partial charge in [-0.2, -0.15) is 0 Å². The molecule has 0 aromatic carbocycles. The third-order valence-electron chi connectivity index (χ3n) is 2.03. The number of hydrogen-bond donors (Lipinski definition) is 0. The van der Waals surface area contributed by atoms with Gasteiger partial charge < -0.3 is 4.90 Å². The van der Waals surface area contributed by atoms with E-state index in [2.05, 4.69) is 16.9 Å². The van der Waals surface area contributed by atoms with E-state index >= 15 is 0 Å². The number of aromatic nitrogens is 2. The molecular weight excluding hydrogens is 198 g/mol. The van der Waals surface area contributed by atoms with E-state index < -0.39 is 0 Å². The van der Waals surface area contributed by atoms with Gasteiger partial charge in [0.2, 0.25) is 0 Å². The number of rotatable bonds is 3. The highest BCUT2D eigenvalue weighted by molar-refractivity contribution is 6.30. The first-order valence-electron chi connectivity index (χ1n) is 4.71. The molecule has 0 radical (unpaired) electrons. The highest BCUT2D eigenvalue weighted by atomic mass is 35.5. The second kappa shape index (κ2) is 4.71. The molecular formula is C10H16ClN3. The minimum Gasteiger partial charge on any atom is -0.302 e. The summed E-state index contributed by atoms with van der Waals surface area (Å²) in [5.74, 6) is 0.794. The first kappa shape index (κ1) is 11.4. The van der Waals surface area contributed by atoms with Gasteiger partial charge in [0.05, 0.1) is 6.54 Å². The lowest BCUT2D eigenvalue weighted by Gasteiger charge is -2.11. The van der Waals surface area contributed by atoms with Crippen molar-refractivity contribution in [1.82, 2.24) is 14.9 Å². The molecule has 0 amide bonds. The molecule has 0 N–H and O–H groups in total. The molecule has 0 saturated carbocycles. The van der Waals surface area contributed by atoms with E-state index in [1.54, 1.807) is 0 Å². The first-order valence-corrected chi connectivity index (χ1v) is 5.09. The third-order valence-corrected chi connectivity index (χ3v) is 2.39. The zero-order chi connectivity index (χ0) is 10.7. The van der Waals surface area contributed by atoms with E-state index in [0.29, 0.717) is 5.15 Å². The van der Waals surface area contributed by atoms with Crippen molar-refractivity contribution in [2.45, 2.75) is 26.8 Å². The van der Waals surface area contributed by atoms with Crippen molar-refractivity contribution in [2.75, 3.05) is 14.1 Å². The van der Waals surface area contributed by atoms with E-state index in [0.717, 1.165) is 30.0 Å². The van der Waals surface area contributed by atoms with Crippen LogP contribution in [0.4, 0.5) is 0 Å². The first-order chi connectivity index (χ1) is 6.54. The van der Waals surface area contributed by atoms with Gasteiger partial charge in [0, 0.05) is 11.3 Å². The van der Waals surface area contributed by atoms with Gasteiger partial charge in [-0.15, -0.1) is 0 Å². The monoisotopic (exact) mass is 213 g/mol. The Balaban J connectivity index is 3.03. The molecule has 14 heavy (non-hydrogen) atoms. The number of aryl methyl sites for hydroxylation is 1. The van der Waals surface area contributed by atoms with Crippen LogP contribution in [-0.2, 0) is 13.0 Å². The van der Waals surface area contributed by atoms with Crippen LogP contribution in [0, 0.1) is 6.92 Å². The summed E-state index contributed by atoms with van der Waals surface area (Å²) >= 11 is 6.01. The summed E-state index contributed by atoms with van der Waals surface area (Å²) < 4.78 is 0. The topological polar surface area (TPSA) is 29.0 Å². The molecule has 1 heterocycles. The lowest BCUT2D eigenvalue weighted by Crippen LogP contribution is -2.14. The summed E-state index contributed by atoms with van der Waals surface area (Å²) in [7, 11) is 3.98. The van der Waals surface area contributed by atoms with Gasteiger partial charge in [-0.05, 0) is 27.4 Å². The normalized spacial score (nSPS) is 11.0. The Morgan fingerprint density at radius 2 is 1.93 bits per heavy atom. The molecule has 0 fully saturated rings. The second-order valence-corrected chi connectivity index (χ2v) is 3.95. The lowest BCUT2D eigenvalue weighted by molar-refractivity contribution is 0.389. The van der Waals surface area contributed by atoms with Crippen LogP contribution in [0.3, 0.4) is 0 Å². The number of hydrogen-bond acceptors (Lipinski definition) is 3. The van der Waals surface area contributed by atoms with Crippen LogP contribution in [0.5, 0.6) is 0 Å². The highest BCUT2D eigenvalue weighted by Crippen LogP contribution is 2.16. The maximum atomic E-state index is 6.01. The zero-order valence-corrected chi connectivity index (χ0v) is 9.89. The highest BCUT2D eigenvalue weighted by Gasteiger charge is 2.08. The van der Waals surface area contributed by atoms with E-state index in [1.165, 1.54) is 0 Å². The van der Waals surface area contributed by atoms with Crippen molar-refractivity contribution >= 4 is 11.6 Å². The second-order valence-electron chi connectivity index (χ2n) is 3.59. The molecule has 0 bridgehead atoms. The predicted octanol–water partition coefficient (Wildman–Crippen LogP) is 2.06. The summed E-state index contributed by atoms with van der Waals surface area (Å²) in [5.41, 5.74) is 2.04. The van der Waals surface area contributed by atoms with Crippen molar-refractivity contribution in [2.24, 2.45) is 0 Å². The molecule has 0 spiro atoms. The lowest BCUT2D eigenvalue weighted by atomic mass is 10.2. The van der Waals surface area contributed by atoms with E-state index in [4.69, 9.17) is 11.6 Å². The maximum absolute atomic E-state index is 6.01. The Bertz CT molecular complexity index is 323. The zero-order valence-electron chi connectivity index (χ0n) is 9.13. The number of nitrogens with zero attached hydrogens (tertiary/aromatic N) is 3. The Morgan fingerprint density at radius 3 is 2.43 bits per heavy atom. The molecule has 1 aromatic heterocycles. The van der Waals surface area contributed by atoms with E-state index in [9.17, 15) is 0 Å². The van der Waals surface area contributed by atoms with Crippen molar-refractivity contribution in [1.29, 1.82) is 0 Å². The summed E-state index contributed by atoms with van der Waals surface area (Å²) in [6, 6.07) is 0. The minimum atomic E-state index is 0.578. The fourth-order valence-electron chi connectivity index (χ4n) is 1.28. The molecule has 4 heteroatoms. The fraction of sp³-hybridized carbons (Fsp3) is 0.600. The molecule has 1 rings (SSSR count). The third kappa shape index (κ3) is 2.66. The van der Waals surface area contributed by atoms with Gasteiger partial charge in [-0.3, -0.25) is 0 Å². The van der Waals surface area contributed by atoms with Crippen LogP contribution in [-0.4, -0.2) is 29.0 Å². The van der Waals surface area contributed by atoms with Crippen molar-refractivity contribution in [3.8, 4) is 0 Å². The summed E-state index contributed by atoms with van der Waals surface area (Å²) in [6.07, 6.45) is 0.897. The van der Waals surface area contributed by atoms with Gasteiger partial charge in [-0.25, -0.2) is 9.97 Å². The molecule has 0 saturated heterocycles. The smallest absolute Gasteiger partial charge is 0.144 e. The summed E-state index contributed by atoms with van der Waals surface area (Å²) in [6.45, 7) is 4.76. The summed E-state index contributed by atoms with van der Waals surface area (Å²) in [5, 5.41) is 0.578. The van der Waals surface area contributed by atoms with Crippen molar-refractivity contribution in [3.63, 3.8) is 0 Å². The van der Waals surface area contributed by atoms with Crippen molar-refractivity contribution in [3.05, 3.63) is 22.2 Å². The molecule has 0 aliphatic heterocycles. The Morgan fingerprint density at radius 1 is 1.29 bits per heavy atom. The fourth-order valence-corrected chi connectivity index (χ4v) is 1.49. The van der Waals surface area contributed by atoms with Gasteiger partial charge in [0.1, 0.15) is 11.0 Å². The van der Waals surface area contributed by atoms with E-state index in [1.807, 2.05) is 25.9 Å². The Labute approximate surface area is 90.1 Å². The Hall–Kier alpha value is -0.670. The molecule has 78 valence electrons. The summed E-state index contributed by atoms with van der Waals surface area (Å²) in [4.78, 5) is 10.7. The van der Waals surface area contributed by atoms with Crippen LogP contribution in [0.1, 0.15) is 24.0 Å². The quantitative estimate of drug-likeness (QED) is 0.720. The van der Waals surface area contributed by atoms with Crippen LogP contribution in [0.2, 0.25) is 5.15 Å². The minimum absolute atomic E-state index is 0.578. The van der Waals surface area contributed by atoms with Gasteiger partial charge in [0.15, 0.2) is 0 Å². The van der Waals surface area contributed by atoms with Crippen LogP contribution >= 0.6 is 11.6 Å². The predicted molar refractivity (Wildman–Crippen MR) is 58.5 cm³/mol. The molecule has 1 aromatic rings. The molecule has 0 aliphatic rings. The van der Waals surface area contributed by atoms with Crippen LogP contribution in [0.25, 0.3) is 0 Å². The maximum Gasteiger partial charge on any atom is 0.144 e. The molecule has 0 aliphatic carbocycles. The molecule has 3 nitrogen and oxygen atoms in total. The molecule has 0 atom stereocenters. The van der Waals surface area contributed by atoms with Gasteiger partial charge in [-0.1, -0.05) is 18.5 Å². The van der Waals surface area contributed by atoms with Gasteiger partial charge in [0.25, 0.3) is 0 Å². The Kier molecular flexibility index (Phi) is 3.84. The average molecular weight is 214 g/mol.